The summed E-state index contributed by atoms with van der Waals surface area (Å²) in [4.78, 5) is 29.0. The molecular formula is C18H29N5O14P2S2. The molecule has 2 aromatic heterocycles. The minimum absolute atomic E-state index is 0.125. The molecular weight excluding hydrogens is 636 g/mol. The highest BCUT2D eigenvalue weighted by Gasteiger charge is 2.54. The fourth-order valence-corrected chi connectivity index (χ4v) is 8.36. The van der Waals surface area contributed by atoms with Crippen LogP contribution in [0.4, 0.5) is 5.82 Å². The number of ether oxygens (including phenoxy) is 2. The van der Waals surface area contributed by atoms with Crippen molar-refractivity contribution in [1.82, 2.24) is 14.3 Å². The Morgan fingerprint density at radius 3 is 2.51 bits per heavy atom. The third-order valence-corrected chi connectivity index (χ3v) is 10.8. The molecule has 19 nitrogen and oxygen atoms in total. The summed E-state index contributed by atoms with van der Waals surface area (Å²) in [6, 6.07) is 0. The van der Waals surface area contributed by atoms with Crippen LogP contribution >= 0.6 is 26.1 Å². The van der Waals surface area contributed by atoms with Crippen molar-refractivity contribution < 1.29 is 67.8 Å². The molecule has 0 amide bonds. The maximum atomic E-state index is 12.6. The van der Waals surface area contributed by atoms with Crippen molar-refractivity contribution in [2.24, 2.45) is 5.73 Å². The second-order valence-electron chi connectivity index (χ2n) is 9.48. The predicted octanol–water partition coefficient (Wildman–Crippen LogP) is -3.29. The minimum atomic E-state index is -5.43. The lowest BCUT2D eigenvalue weighted by Crippen LogP contribution is -2.61. The van der Waals surface area contributed by atoms with Gasteiger partial charge in [-0.25, -0.2) is 18.8 Å². The summed E-state index contributed by atoms with van der Waals surface area (Å²) in [6.45, 7) is -4.76. The second-order valence-corrected chi connectivity index (χ2v) is 14.7. The summed E-state index contributed by atoms with van der Waals surface area (Å²) in [5.41, 5.74) is 11.4. The highest BCUT2D eigenvalue weighted by atomic mass is 32.5. The van der Waals surface area contributed by atoms with E-state index < -0.39 is 88.4 Å². The lowest BCUT2D eigenvalue weighted by atomic mass is 9.89. The molecule has 2 fully saturated rings. The molecule has 12 atom stereocenters. The van der Waals surface area contributed by atoms with E-state index in [0.29, 0.717) is 15.9 Å². The number of nitrogens with two attached hydrogens (primary N) is 2. The average Bonchev–Trinajstić information content (AvgIpc) is 3.41. The summed E-state index contributed by atoms with van der Waals surface area (Å²) in [7, 11) is -5.43. The van der Waals surface area contributed by atoms with E-state index in [1.54, 1.807) is 0 Å². The molecule has 0 bridgehead atoms. The highest BCUT2D eigenvalue weighted by molar-refractivity contribution is 8.08. The topological polar surface area (TPSA) is 316 Å². The Hall–Kier alpha value is -0.910. The van der Waals surface area contributed by atoms with Crippen LogP contribution in [0, 0.1) is 0 Å². The lowest BCUT2D eigenvalue weighted by Gasteiger charge is -2.41. The maximum Gasteiger partial charge on any atom is 0.481 e. The van der Waals surface area contributed by atoms with Crippen LogP contribution in [0.25, 0.3) is 11.0 Å². The molecule has 41 heavy (non-hydrogen) atoms. The summed E-state index contributed by atoms with van der Waals surface area (Å²) in [6.07, 6.45) is -14.2. The predicted molar refractivity (Wildman–Crippen MR) is 140 cm³/mol. The third kappa shape index (κ3) is 6.78. The standard InChI is InChI=1S/C18H29N5O14P2S2/c1-18(20)14(29)6(34-15(18)13-7-8(23-41-13)16(19)22-4-21-7)3-33-39(32,40)37-38(30,31)36-17-11(28)9(26)10(27)12(35-17)5(25)2-24/h4-6,9-12,14-15,17,24-29H,2-3,20H2,1H3,(H,30,31)(H,32,40)(H2,19,21,22)/t5-,6+,9?,10?,11?,12?,14+,15-,17?,18+,39?/m0/s1. The number of hydrogen-bond acceptors (Lipinski definition) is 19. The molecule has 0 radical (unpaired) electrons. The van der Waals surface area contributed by atoms with Gasteiger partial charge in [0.25, 0.3) is 0 Å². The van der Waals surface area contributed by atoms with Crippen molar-refractivity contribution in [2.75, 3.05) is 18.9 Å². The first-order valence-corrected chi connectivity index (χ1v) is 16.5. The SMILES string of the molecule is C[C@@]1(N)[C@H](O)[C@@H](COP(O)(=S)OP(=O)(O)OC2OC([C@@H](O)CO)C(O)C(O)C2O)O[C@H]1c1snc2c(N)ncnc12. The number of hydrogen-bond donors (Lipinski definition) is 10. The number of nitrogen functional groups attached to an aromatic ring is 1. The van der Waals surface area contributed by atoms with Crippen LogP contribution in [0.3, 0.4) is 0 Å². The Kier molecular flexibility index (Phi) is 9.84. The first kappa shape index (κ1) is 33.0. The molecule has 23 heteroatoms. The molecule has 0 aromatic carbocycles. The van der Waals surface area contributed by atoms with Crippen LogP contribution in [0.1, 0.15) is 17.9 Å². The smallest absolute Gasteiger partial charge is 0.394 e. The number of fused-ring (bicyclic) bond motifs is 1. The van der Waals surface area contributed by atoms with E-state index in [1.807, 2.05) is 0 Å². The normalized spacial score (nSPS) is 38.0. The van der Waals surface area contributed by atoms with Crippen LogP contribution in [0.2, 0.25) is 0 Å². The van der Waals surface area contributed by atoms with Crippen molar-refractivity contribution >= 4 is 54.7 Å². The number of aliphatic hydroxyl groups excluding tert-OH is 6. The van der Waals surface area contributed by atoms with Gasteiger partial charge in [-0.2, -0.15) is 4.37 Å². The van der Waals surface area contributed by atoms with E-state index in [1.165, 1.54) is 13.3 Å². The molecule has 2 aromatic rings. The third-order valence-electron chi connectivity index (χ3n) is 6.44. The van der Waals surface area contributed by atoms with Gasteiger partial charge in [0.2, 0.25) is 0 Å². The molecule has 0 aliphatic carbocycles. The molecule has 4 heterocycles. The molecule has 2 aliphatic rings. The zero-order valence-corrected chi connectivity index (χ0v) is 24.3. The van der Waals surface area contributed by atoms with Gasteiger partial charge < -0.3 is 65.9 Å². The van der Waals surface area contributed by atoms with Crippen LogP contribution in [-0.2, 0) is 39.2 Å². The number of rotatable bonds is 10. The molecule has 2 saturated heterocycles. The zero-order chi connectivity index (χ0) is 30.5. The van der Waals surface area contributed by atoms with E-state index in [9.17, 15) is 39.9 Å². The van der Waals surface area contributed by atoms with Gasteiger partial charge in [0.15, 0.2) is 12.1 Å². The van der Waals surface area contributed by atoms with Crippen molar-refractivity contribution in [2.45, 2.75) is 67.6 Å². The first-order chi connectivity index (χ1) is 19.0. The van der Waals surface area contributed by atoms with Gasteiger partial charge in [-0.3, -0.25) is 4.52 Å². The molecule has 0 saturated carbocycles. The number of phosphoric acid groups is 1. The summed E-state index contributed by atoms with van der Waals surface area (Å²) in [5, 5.41) is 59.7. The van der Waals surface area contributed by atoms with Gasteiger partial charge in [-0.1, -0.05) is 0 Å². The van der Waals surface area contributed by atoms with Gasteiger partial charge in [-0.05, 0) is 30.3 Å². The maximum absolute atomic E-state index is 12.6. The molecule has 0 spiro atoms. The molecule has 12 N–H and O–H groups in total. The summed E-state index contributed by atoms with van der Waals surface area (Å²) >= 11 is 5.74. The highest BCUT2D eigenvalue weighted by Crippen LogP contribution is 2.62. The Morgan fingerprint density at radius 1 is 1.17 bits per heavy atom. The molecule has 2 aliphatic heterocycles. The average molecular weight is 666 g/mol. The van der Waals surface area contributed by atoms with Crippen LogP contribution in [-0.4, -0.2) is 123 Å². The van der Waals surface area contributed by atoms with E-state index in [0.717, 1.165) is 11.5 Å². The Morgan fingerprint density at radius 2 is 1.85 bits per heavy atom. The van der Waals surface area contributed by atoms with Crippen LogP contribution in [0.15, 0.2) is 6.33 Å². The van der Waals surface area contributed by atoms with Gasteiger partial charge in [0, 0.05) is 0 Å². The Balaban J connectivity index is 1.41. The van der Waals surface area contributed by atoms with Gasteiger partial charge in [0.1, 0.15) is 66.2 Å². The van der Waals surface area contributed by atoms with Crippen LogP contribution in [0.5, 0.6) is 0 Å². The summed E-state index contributed by atoms with van der Waals surface area (Å²) < 4.78 is 42.0. The van der Waals surface area contributed by atoms with E-state index in [-0.39, 0.29) is 5.82 Å². The minimum Gasteiger partial charge on any atom is -0.394 e. The fourth-order valence-electron chi connectivity index (χ4n) is 4.25. The van der Waals surface area contributed by atoms with Crippen molar-refractivity contribution in [3.63, 3.8) is 0 Å². The monoisotopic (exact) mass is 665 g/mol. The number of aromatic nitrogens is 3. The summed E-state index contributed by atoms with van der Waals surface area (Å²) in [5.74, 6) is 0.125. The largest absolute Gasteiger partial charge is 0.481 e. The Labute approximate surface area is 240 Å². The van der Waals surface area contributed by atoms with E-state index in [2.05, 4.69) is 23.2 Å². The fraction of sp³-hybridized carbons (Fsp3) is 0.722. The molecule has 232 valence electrons. The van der Waals surface area contributed by atoms with Crippen LogP contribution < -0.4 is 11.5 Å². The number of aliphatic hydroxyl groups is 6. The van der Waals surface area contributed by atoms with Crippen molar-refractivity contribution in [1.29, 1.82) is 0 Å². The van der Waals surface area contributed by atoms with E-state index >= 15 is 0 Å². The number of nitrogens with zero attached hydrogens (tertiary/aromatic N) is 3. The van der Waals surface area contributed by atoms with E-state index in [4.69, 9.17) is 42.4 Å². The van der Waals surface area contributed by atoms with Crippen molar-refractivity contribution in [3.05, 3.63) is 11.2 Å². The number of phosphoric ester groups is 1. The Bertz CT molecular complexity index is 1340. The zero-order valence-electron chi connectivity index (χ0n) is 20.9. The molecule has 4 rings (SSSR count). The van der Waals surface area contributed by atoms with Gasteiger partial charge >= 0.3 is 14.5 Å². The van der Waals surface area contributed by atoms with Gasteiger partial charge in [0.05, 0.1) is 23.6 Å². The quantitative estimate of drug-likeness (QED) is 0.111. The van der Waals surface area contributed by atoms with Gasteiger partial charge in [-0.15, -0.1) is 0 Å². The first-order valence-electron chi connectivity index (χ1n) is 11.7. The van der Waals surface area contributed by atoms with Crippen molar-refractivity contribution in [3.8, 4) is 0 Å². The lowest BCUT2D eigenvalue weighted by molar-refractivity contribution is -0.292. The molecule has 7 unspecified atom stereocenters. The second kappa shape index (κ2) is 12.2. The number of anilines is 1.